The van der Waals surface area contributed by atoms with Gasteiger partial charge in [-0.25, -0.2) is 0 Å². The van der Waals surface area contributed by atoms with E-state index in [1.54, 1.807) is 4.90 Å². The van der Waals surface area contributed by atoms with Gasteiger partial charge in [0.1, 0.15) is 5.88 Å². The Kier molecular flexibility index (Phi) is 5.26. The number of hydrogen-bond acceptors (Lipinski definition) is 4. The summed E-state index contributed by atoms with van der Waals surface area (Å²) in [4.78, 5) is 4.10. The zero-order valence-corrected chi connectivity index (χ0v) is 14.6. The Balaban J connectivity index is 1.91. The van der Waals surface area contributed by atoms with E-state index >= 15 is 0 Å². The molecule has 5 nitrogen and oxygen atoms in total. The molecule has 0 spiro atoms. The highest BCUT2D eigenvalue weighted by molar-refractivity contribution is 7.85. The third-order valence-corrected chi connectivity index (χ3v) is 5.13. The van der Waals surface area contributed by atoms with Crippen molar-refractivity contribution in [3.8, 4) is 0 Å². The number of nitrogens with zero attached hydrogens (tertiary/aromatic N) is 2. The summed E-state index contributed by atoms with van der Waals surface area (Å²) in [6.07, 6.45) is 8.52. The van der Waals surface area contributed by atoms with Crippen molar-refractivity contribution in [2.45, 2.75) is 25.7 Å². The van der Waals surface area contributed by atoms with Crippen LogP contribution in [0.25, 0.3) is 5.70 Å². The first kappa shape index (κ1) is 17.0. The van der Waals surface area contributed by atoms with Crippen LogP contribution in [0.1, 0.15) is 31.2 Å². The Morgan fingerprint density at radius 3 is 2.46 bits per heavy atom. The van der Waals surface area contributed by atoms with Crippen LogP contribution in [0, 0.1) is 0 Å². The Morgan fingerprint density at radius 2 is 1.79 bits per heavy atom. The summed E-state index contributed by atoms with van der Waals surface area (Å²) < 4.78 is 31.7. The fourth-order valence-corrected chi connectivity index (χ4v) is 4.03. The number of allylic oxidation sites excluding steroid dienone is 1. The van der Waals surface area contributed by atoms with Crippen molar-refractivity contribution in [3.05, 3.63) is 53.7 Å². The maximum Gasteiger partial charge on any atom is 0.283 e. The van der Waals surface area contributed by atoms with Crippen LogP contribution in [0.4, 0.5) is 0 Å². The molecule has 0 amide bonds. The number of likely N-dealkylation sites (tertiary alicyclic amines) is 1. The summed E-state index contributed by atoms with van der Waals surface area (Å²) in [6, 6.07) is 10.2. The van der Waals surface area contributed by atoms with Crippen molar-refractivity contribution in [2.24, 2.45) is 0 Å². The minimum absolute atomic E-state index is 0.350. The molecule has 130 valence electrons. The molecule has 0 unspecified atom stereocenters. The van der Waals surface area contributed by atoms with Crippen LogP contribution >= 0.6 is 0 Å². The Hall–Kier alpha value is -1.79. The van der Waals surface area contributed by atoms with Gasteiger partial charge < -0.3 is 9.80 Å². The molecule has 2 aliphatic rings. The van der Waals surface area contributed by atoms with Crippen LogP contribution in [0.2, 0.25) is 0 Å². The minimum atomic E-state index is -4.02. The number of piperidine rings is 1. The van der Waals surface area contributed by atoms with Gasteiger partial charge in [-0.2, -0.15) is 8.42 Å². The van der Waals surface area contributed by atoms with Gasteiger partial charge in [-0.3, -0.25) is 4.55 Å². The Bertz CT molecular complexity index is 720. The predicted octanol–water partition coefficient (Wildman–Crippen LogP) is 2.95. The van der Waals surface area contributed by atoms with Crippen LogP contribution in [0.5, 0.6) is 0 Å². The van der Waals surface area contributed by atoms with E-state index in [2.05, 4.69) is 23.1 Å². The van der Waals surface area contributed by atoms with Gasteiger partial charge in [0, 0.05) is 31.0 Å². The molecule has 24 heavy (non-hydrogen) atoms. The second kappa shape index (κ2) is 7.40. The van der Waals surface area contributed by atoms with Gasteiger partial charge in [-0.15, -0.1) is 0 Å². The summed E-state index contributed by atoms with van der Waals surface area (Å²) >= 11 is 0. The molecule has 3 rings (SSSR count). The lowest BCUT2D eigenvalue weighted by atomic mass is 10.1. The van der Waals surface area contributed by atoms with E-state index in [9.17, 15) is 8.42 Å². The Labute approximate surface area is 144 Å². The molecular formula is C18H24N2O3S. The van der Waals surface area contributed by atoms with Crippen molar-refractivity contribution in [1.29, 1.82) is 0 Å². The van der Waals surface area contributed by atoms with Gasteiger partial charge in [-0.1, -0.05) is 36.4 Å². The van der Waals surface area contributed by atoms with Crippen molar-refractivity contribution >= 4 is 15.8 Å². The SMILES string of the molecule is O=S(=O)(O)CN1CCC=C1C=C(c1ccccc1)N1CCCCC1. The van der Waals surface area contributed by atoms with Crippen molar-refractivity contribution in [1.82, 2.24) is 9.80 Å². The summed E-state index contributed by atoms with van der Waals surface area (Å²) in [7, 11) is -4.02. The summed E-state index contributed by atoms with van der Waals surface area (Å²) in [5.74, 6) is -0.350. The molecule has 0 radical (unpaired) electrons. The molecule has 0 aliphatic carbocycles. The molecule has 2 heterocycles. The van der Waals surface area contributed by atoms with Crippen LogP contribution in [-0.2, 0) is 10.1 Å². The zero-order chi connectivity index (χ0) is 17.0. The number of rotatable bonds is 5. The van der Waals surface area contributed by atoms with E-state index in [0.29, 0.717) is 6.54 Å². The number of benzene rings is 1. The quantitative estimate of drug-likeness (QED) is 0.829. The fraction of sp³-hybridized carbons (Fsp3) is 0.444. The van der Waals surface area contributed by atoms with Crippen LogP contribution < -0.4 is 0 Å². The molecular weight excluding hydrogens is 324 g/mol. The highest BCUT2D eigenvalue weighted by atomic mass is 32.2. The third-order valence-electron chi connectivity index (χ3n) is 4.49. The summed E-state index contributed by atoms with van der Waals surface area (Å²) in [5.41, 5.74) is 3.14. The molecule has 0 saturated carbocycles. The highest BCUT2D eigenvalue weighted by Gasteiger charge is 2.21. The normalized spacial score (nSPS) is 19.5. The molecule has 0 atom stereocenters. The smallest absolute Gasteiger partial charge is 0.283 e. The molecule has 0 aromatic heterocycles. The lowest BCUT2D eigenvalue weighted by Crippen LogP contribution is -2.30. The molecule has 1 N–H and O–H groups in total. The van der Waals surface area contributed by atoms with Gasteiger partial charge in [-0.05, 0) is 37.3 Å². The maximum atomic E-state index is 11.2. The summed E-state index contributed by atoms with van der Waals surface area (Å²) in [6.45, 7) is 2.66. The molecule has 1 saturated heterocycles. The van der Waals surface area contributed by atoms with E-state index < -0.39 is 10.1 Å². The van der Waals surface area contributed by atoms with Gasteiger partial charge in [0.05, 0.1) is 0 Å². The molecule has 1 fully saturated rings. The molecule has 1 aromatic carbocycles. The van der Waals surface area contributed by atoms with Gasteiger partial charge in [0.25, 0.3) is 10.1 Å². The van der Waals surface area contributed by atoms with Crippen molar-refractivity contribution in [2.75, 3.05) is 25.5 Å². The molecule has 0 bridgehead atoms. The highest BCUT2D eigenvalue weighted by Crippen LogP contribution is 2.27. The summed E-state index contributed by atoms with van der Waals surface area (Å²) in [5, 5.41) is 0. The lowest BCUT2D eigenvalue weighted by molar-refractivity contribution is 0.325. The van der Waals surface area contributed by atoms with Crippen molar-refractivity contribution in [3.63, 3.8) is 0 Å². The van der Waals surface area contributed by atoms with Crippen molar-refractivity contribution < 1.29 is 13.0 Å². The molecule has 2 aliphatic heterocycles. The lowest BCUT2D eigenvalue weighted by Gasteiger charge is -2.32. The number of hydrogen-bond donors (Lipinski definition) is 1. The first-order valence-corrected chi connectivity index (χ1v) is 10.1. The maximum absolute atomic E-state index is 11.2. The minimum Gasteiger partial charge on any atom is -0.371 e. The second-order valence-electron chi connectivity index (χ2n) is 6.34. The average Bonchev–Trinajstić information content (AvgIpc) is 2.99. The van der Waals surface area contributed by atoms with Gasteiger partial charge in [0.2, 0.25) is 0 Å². The van der Waals surface area contributed by atoms with E-state index in [1.807, 2.05) is 24.3 Å². The van der Waals surface area contributed by atoms with E-state index in [0.717, 1.165) is 36.5 Å². The zero-order valence-electron chi connectivity index (χ0n) is 13.8. The van der Waals surface area contributed by atoms with Crippen LogP contribution in [0.15, 0.2) is 48.2 Å². The van der Waals surface area contributed by atoms with Crippen LogP contribution in [-0.4, -0.2) is 48.3 Å². The topological polar surface area (TPSA) is 60.9 Å². The van der Waals surface area contributed by atoms with Gasteiger partial charge in [0.15, 0.2) is 0 Å². The molecule has 1 aromatic rings. The monoisotopic (exact) mass is 348 g/mol. The fourth-order valence-electron chi connectivity index (χ4n) is 3.35. The van der Waals surface area contributed by atoms with E-state index in [-0.39, 0.29) is 5.88 Å². The van der Waals surface area contributed by atoms with Crippen LogP contribution in [0.3, 0.4) is 0 Å². The standard InChI is InChI=1S/C18H24N2O3S/c21-24(22,23)15-20-13-7-10-17(20)14-18(16-8-3-1-4-9-16)19-11-5-2-6-12-19/h1,3-4,8-10,14H,2,5-7,11-13,15H2,(H,21,22,23). The first-order valence-electron chi connectivity index (χ1n) is 8.45. The van der Waals surface area contributed by atoms with E-state index in [1.165, 1.54) is 19.3 Å². The first-order chi connectivity index (χ1) is 11.5. The molecule has 6 heteroatoms. The van der Waals surface area contributed by atoms with Gasteiger partial charge >= 0.3 is 0 Å². The average molecular weight is 348 g/mol. The largest absolute Gasteiger partial charge is 0.371 e. The van der Waals surface area contributed by atoms with E-state index in [4.69, 9.17) is 4.55 Å². The third kappa shape index (κ3) is 4.39. The Morgan fingerprint density at radius 1 is 1.08 bits per heavy atom. The predicted molar refractivity (Wildman–Crippen MR) is 95.7 cm³/mol. The second-order valence-corrected chi connectivity index (χ2v) is 7.76.